The Morgan fingerprint density at radius 3 is 1.60 bits per heavy atom. The van der Waals surface area contributed by atoms with Gasteiger partial charge in [0.05, 0.1) is 6.61 Å². The van der Waals surface area contributed by atoms with Gasteiger partial charge >= 0.3 is 0 Å². The highest BCUT2D eigenvalue weighted by molar-refractivity contribution is 5.27. The molecule has 1 aromatic rings. The molecule has 1 aliphatic rings. The minimum Gasteiger partial charge on any atom is -0.494 e. The first kappa shape index (κ1) is 30.2. The first-order chi connectivity index (χ1) is 17.3. The zero-order valence-corrected chi connectivity index (χ0v) is 23.6. The lowest BCUT2D eigenvalue weighted by molar-refractivity contribution is 0.153. The van der Waals surface area contributed by atoms with Gasteiger partial charge in [-0.15, -0.1) is 0 Å². The summed E-state index contributed by atoms with van der Waals surface area (Å²) >= 11 is 0. The third-order valence-corrected chi connectivity index (χ3v) is 7.73. The van der Waals surface area contributed by atoms with E-state index in [0.29, 0.717) is 0 Å². The molecular formula is C32H58N2O. The van der Waals surface area contributed by atoms with Crippen LogP contribution in [0.1, 0.15) is 122 Å². The van der Waals surface area contributed by atoms with Gasteiger partial charge in [-0.3, -0.25) is 0 Å². The van der Waals surface area contributed by atoms with Crippen molar-refractivity contribution in [3.63, 3.8) is 0 Å². The maximum Gasteiger partial charge on any atom is 0.119 e. The fraction of sp³-hybridized carbons (Fsp3) is 0.812. The molecule has 0 aromatic heterocycles. The van der Waals surface area contributed by atoms with E-state index in [4.69, 9.17) is 4.74 Å². The molecule has 202 valence electrons. The van der Waals surface area contributed by atoms with Gasteiger partial charge in [0.15, 0.2) is 0 Å². The minimum absolute atomic E-state index is 0.862. The van der Waals surface area contributed by atoms with Crippen LogP contribution >= 0.6 is 0 Å². The summed E-state index contributed by atoms with van der Waals surface area (Å²) in [6, 6.07) is 8.84. The maximum atomic E-state index is 5.98. The number of hydrogen-bond donors (Lipinski definition) is 0. The van der Waals surface area contributed by atoms with Crippen molar-refractivity contribution < 1.29 is 4.74 Å². The van der Waals surface area contributed by atoms with Crippen molar-refractivity contribution >= 4 is 0 Å². The van der Waals surface area contributed by atoms with Gasteiger partial charge in [-0.1, -0.05) is 115 Å². The van der Waals surface area contributed by atoms with Crippen LogP contribution in [0.5, 0.6) is 5.75 Å². The third kappa shape index (κ3) is 16.3. The number of hydrogen-bond acceptors (Lipinski definition) is 3. The van der Waals surface area contributed by atoms with E-state index in [0.717, 1.165) is 12.4 Å². The normalized spacial score (nSPS) is 15.0. The van der Waals surface area contributed by atoms with Gasteiger partial charge in [-0.2, -0.15) is 0 Å². The van der Waals surface area contributed by atoms with E-state index in [1.165, 1.54) is 154 Å². The standard InChI is InChI=1S/C32H58N2O/c1-3-4-5-6-7-8-9-10-11-12-13-14-15-16-17-18-30-35-32-23-21-31(22-24-32)20-19-25-34-28-26-33(2)27-29-34/h21-24H,3-20,25-30H2,1-2H3. The third-order valence-electron chi connectivity index (χ3n) is 7.73. The van der Waals surface area contributed by atoms with Crippen LogP contribution in [0, 0.1) is 0 Å². The molecule has 0 bridgehead atoms. The number of piperazine rings is 1. The number of ether oxygens (including phenoxy) is 1. The number of rotatable bonds is 22. The molecule has 0 atom stereocenters. The highest BCUT2D eigenvalue weighted by atomic mass is 16.5. The summed E-state index contributed by atoms with van der Waals surface area (Å²) in [5.41, 5.74) is 1.44. The van der Waals surface area contributed by atoms with Crippen molar-refractivity contribution in [2.75, 3.05) is 46.4 Å². The number of aryl methyl sites for hydroxylation is 1. The Morgan fingerprint density at radius 1 is 0.600 bits per heavy atom. The Labute approximate surface area is 219 Å². The zero-order valence-electron chi connectivity index (χ0n) is 23.6. The second-order valence-corrected chi connectivity index (χ2v) is 11.0. The molecule has 35 heavy (non-hydrogen) atoms. The van der Waals surface area contributed by atoms with E-state index in [1.54, 1.807) is 0 Å². The lowest BCUT2D eigenvalue weighted by atomic mass is 10.0. The second kappa shape index (κ2) is 21.1. The molecule has 3 heteroatoms. The van der Waals surface area contributed by atoms with Gasteiger partial charge in [0.1, 0.15) is 5.75 Å². The second-order valence-electron chi connectivity index (χ2n) is 11.0. The largest absolute Gasteiger partial charge is 0.494 e. The number of likely N-dealkylation sites (N-methyl/N-ethyl adjacent to an activating group) is 1. The molecule has 3 nitrogen and oxygen atoms in total. The number of unbranched alkanes of at least 4 members (excludes halogenated alkanes) is 15. The van der Waals surface area contributed by atoms with Crippen LogP contribution in [0.15, 0.2) is 24.3 Å². The Kier molecular flexibility index (Phi) is 18.2. The summed E-state index contributed by atoms with van der Waals surface area (Å²) in [6.07, 6.45) is 25.0. The minimum atomic E-state index is 0.862. The molecule has 0 spiro atoms. The molecule has 0 amide bonds. The molecule has 1 saturated heterocycles. The van der Waals surface area contributed by atoms with Crippen molar-refractivity contribution in [3.8, 4) is 5.75 Å². The van der Waals surface area contributed by atoms with Crippen molar-refractivity contribution in [1.29, 1.82) is 0 Å². The SMILES string of the molecule is CCCCCCCCCCCCCCCCCCOc1ccc(CCCN2CCN(C)CC2)cc1. The predicted octanol–water partition coefficient (Wildman–Crippen LogP) is 8.51. The average Bonchev–Trinajstić information content (AvgIpc) is 2.88. The monoisotopic (exact) mass is 486 g/mol. The highest BCUT2D eigenvalue weighted by Crippen LogP contribution is 2.16. The summed E-state index contributed by atoms with van der Waals surface area (Å²) < 4.78 is 5.98. The number of nitrogens with zero attached hydrogens (tertiary/aromatic N) is 2. The topological polar surface area (TPSA) is 15.7 Å². The molecular weight excluding hydrogens is 428 g/mol. The lowest BCUT2D eigenvalue weighted by Crippen LogP contribution is -2.44. The van der Waals surface area contributed by atoms with E-state index in [1.807, 2.05) is 0 Å². The van der Waals surface area contributed by atoms with Crippen molar-refractivity contribution in [2.45, 2.75) is 122 Å². The lowest BCUT2D eigenvalue weighted by Gasteiger charge is -2.32. The smallest absolute Gasteiger partial charge is 0.119 e. The van der Waals surface area contributed by atoms with Gasteiger partial charge in [-0.25, -0.2) is 0 Å². The summed E-state index contributed by atoms with van der Waals surface area (Å²) in [4.78, 5) is 5.03. The van der Waals surface area contributed by atoms with Crippen LogP contribution < -0.4 is 4.74 Å². The van der Waals surface area contributed by atoms with E-state index in [2.05, 4.69) is 48.0 Å². The maximum absolute atomic E-state index is 5.98. The molecule has 0 unspecified atom stereocenters. The summed E-state index contributed by atoms with van der Waals surface area (Å²) in [5.74, 6) is 1.04. The molecule has 2 rings (SSSR count). The quantitative estimate of drug-likeness (QED) is 0.153. The summed E-state index contributed by atoms with van der Waals surface area (Å²) in [5, 5.41) is 0. The highest BCUT2D eigenvalue weighted by Gasteiger charge is 2.12. The first-order valence-electron chi connectivity index (χ1n) is 15.4. The molecule has 1 heterocycles. The van der Waals surface area contributed by atoms with Gasteiger partial charge in [0.2, 0.25) is 0 Å². The Morgan fingerprint density at radius 2 is 1.09 bits per heavy atom. The van der Waals surface area contributed by atoms with E-state index in [9.17, 15) is 0 Å². The Balaban J connectivity index is 1.33. The average molecular weight is 487 g/mol. The number of benzene rings is 1. The van der Waals surface area contributed by atoms with Gasteiger partial charge in [-0.05, 0) is 50.6 Å². The Hall–Kier alpha value is -1.06. The van der Waals surface area contributed by atoms with Crippen LogP contribution in [-0.2, 0) is 6.42 Å². The Bertz CT molecular complexity index is 580. The fourth-order valence-corrected chi connectivity index (χ4v) is 5.17. The van der Waals surface area contributed by atoms with Crippen LogP contribution in [-0.4, -0.2) is 56.2 Å². The van der Waals surface area contributed by atoms with E-state index >= 15 is 0 Å². The van der Waals surface area contributed by atoms with Crippen LogP contribution in [0.3, 0.4) is 0 Å². The van der Waals surface area contributed by atoms with Crippen LogP contribution in [0.4, 0.5) is 0 Å². The summed E-state index contributed by atoms with van der Waals surface area (Å²) in [7, 11) is 2.22. The van der Waals surface area contributed by atoms with Crippen molar-refractivity contribution in [3.05, 3.63) is 29.8 Å². The van der Waals surface area contributed by atoms with Crippen LogP contribution in [0.2, 0.25) is 0 Å². The molecule has 1 aromatic carbocycles. The molecule has 0 radical (unpaired) electrons. The molecule has 0 aliphatic carbocycles. The van der Waals surface area contributed by atoms with Crippen LogP contribution in [0.25, 0.3) is 0 Å². The van der Waals surface area contributed by atoms with Gasteiger partial charge in [0, 0.05) is 26.2 Å². The molecule has 1 fully saturated rings. The zero-order chi connectivity index (χ0) is 24.8. The predicted molar refractivity (Wildman–Crippen MR) is 154 cm³/mol. The van der Waals surface area contributed by atoms with E-state index < -0.39 is 0 Å². The molecule has 0 saturated carbocycles. The fourth-order valence-electron chi connectivity index (χ4n) is 5.17. The first-order valence-corrected chi connectivity index (χ1v) is 15.4. The van der Waals surface area contributed by atoms with E-state index in [-0.39, 0.29) is 0 Å². The van der Waals surface area contributed by atoms with Crippen molar-refractivity contribution in [1.82, 2.24) is 9.80 Å². The van der Waals surface area contributed by atoms with Crippen molar-refractivity contribution in [2.24, 2.45) is 0 Å². The van der Waals surface area contributed by atoms with Gasteiger partial charge in [0.25, 0.3) is 0 Å². The summed E-state index contributed by atoms with van der Waals surface area (Å²) in [6.45, 7) is 9.26. The molecule has 0 N–H and O–H groups in total. The molecule has 1 aliphatic heterocycles. The van der Waals surface area contributed by atoms with Gasteiger partial charge < -0.3 is 14.5 Å².